The lowest BCUT2D eigenvalue weighted by Crippen LogP contribution is -2.44. The molecule has 48 heavy (non-hydrogen) atoms. The van der Waals surface area contributed by atoms with Crippen LogP contribution in [0.4, 0.5) is 0 Å². The van der Waals surface area contributed by atoms with Crippen LogP contribution in [-0.4, -0.2) is 46.5 Å². The Morgan fingerprint density at radius 3 is 1.08 bits per heavy atom. The molecule has 248 valence electrons. The molecule has 0 bridgehead atoms. The summed E-state index contributed by atoms with van der Waals surface area (Å²) >= 11 is 4.58. The van der Waals surface area contributed by atoms with Gasteiger partial charge in [0.2, 0.25) is 12.4 Å². The monoisotopic (exact) mass is 718 g/mol. The van der Waals surface area contributed by atoms with Gasteiger partial charge in [-0.25, -0.2) is 0 Å². The maximum absolute atomic E-state index is 14.4. The molecule has 0 radical (unpaired) electrons. The van der Waals surface area contributed by atoms with Crippen LogP contribution in [0.3, 0.4) is 0 Å². The summed E-state index contributed by atoms with van der Waals surface area (Å²) in [6.45, 7) is 4.76. The summed E-state index contributed by atoms with van der Waals surface area (Å²) in [4.78, 5) is 68.1. The normalized spacial score (nSPS) is 14.0. The molecule has 0 saturated carbocycles. The molecule has 4 aromatic rings. The van der Waals surface area contributed by atoms with Crippen LogP contribution in [0, 0.1) is 22.9 Å². The maximum atomic E-state index is 14.4. The second kappa shape index (κ2) is 14.7. The van der Waals surface area contributed by atoms with Crippen LogP contribution in [0.5, 0.6) is 0 Å². The summed E-state index contributed by atoms with van der Waals surface area (Å²) in [6, 6.07) is 0. The Labute approximate surface area is 293 Å². The molecule has 2 aliphatic rings. The van der Waals surface area contributed by atoms with E-state index in [2.05, 4.69) is 23.8 Å². The van der Waals surface area contributed by atoms with Gasteiger partial charge in [0.05, 0.1) is 41.1 Å². The van der Waals surface area contributed by atoms with Gasteiger partial charge in [0, 0.05) is 23.9 Å². The highest BCUT2D eigenvalue weighted by Crippen LogP contribution is 2.49. The Balaban J connectivity index is 1.59. The summed E-state index contributed by atoms with van der Waals surface area (Å²) in [5, 5.41) is 19.4. The first kappa shape index (κ1) is 34.1. The van der Waals surface area contributed by atoms with E-state index in [1.165, 1.54) is 9.80 Å². The van der Waals surface area contributed by atoms with Crippen molar-refractivity contribution in [3.05, 3.63) is 30.2 Å². The molecule has 0 fully saturated rings. The first-order valence-electron chi connectivity index (χ1n) is 16.5. The number of hydrogen-bond acceptors (Lipinski definition) is 12. The smallest absolute Gasteiger partial charge is 0.262 e. The van der Waals surface area contributed by atoms with Crippen molar-refractivity contribution in [2.45, 2.75) is 90.9 Å². The molecule has 6 rings (SSSR count). The minimum atomic E-state index is -0.475. The highest BCUT2D eigenvalue weighted by atomic mass is 32.2. The van der Waals surface area contributed by atoms with Crippen molar-refractivity contribution in [3.8, 4) is 12.4 Å². The summed E-state index contributed by atoms with van der Waals surface area (Å²) in [5.74, 6) is -1.90. The zero-order valence-corrected chi connectivity index (χ0v) is 30.1. The third kappa shape index (κ3) is 5.89. The highest BCUT2D eigenvalue weighted by molar-refractivity contribution is 7.37. The van der Waals surface area contributed by atoms with Crippen molar-refractivity contribution >= 4 is 98.5 Å². The molecule has 0 N–H and O–H groups in total. The first-order valence-corrected chi connectivity index (χ1v) is 19.7. The van der Waals surface area contributed by atoms with Crippen molar-refractivity contribution in [3.63, 3.8) is 0 Å². The van der Waals surface area contributed by atoms with Crippen molar-refractivity contribution < 1.29 is 19.2 Å². The Morgan fingerprint density at radius 1 is 0.500 bits per heavy atom. The fourth-order valence-corrected chi connectivity index (χ4v) is 11.5. The molecule has 0 saturated heterocycles. The van der Waals surface area contributed by atoms with Gasteiger partial charge in [0.15, 0.2) is 7.97 Å². The number of carbonyl (C=O) groups is 4. The molecule has 14 heteroatoms. The fraction of sp³-hybridized carbons (Fsp3) is 0.471. The van der Waals surface area contributed by atoms with Gasteiger partial charge in [-0.05, 0) is 12.8 Å². The second-order valence-corrected chi connectivity index (χ2v) is 16.5. The SMILES string of the molecule is CCCCCCCCN1C(=O)c2c3sc(=NC#N)sc3c3c4c(c5sc(=NC#N)sc5c(c24)C1=O)C(=O)N(CCCCCCCC)C3=O. The predicted octanol–water partition coefficient (Wildman–Crippen LogP) is 8.07. The number of nitriles is 2. The molecular formula is C34H34N6O4S4. The van der Waals surface area contributed by atoms with E-state index in [-0.39, 0.29) is 35.3 Å². The van der Waals surface area contributed by atoms with Crippen LogP contribution in [0.25, 0.3) is 29.6 Å². The number of carbonyl (C=O) groups excluding carboxylic acids is 4. The van der Waals surface area contributed by atoms with Crippen molar-refractivity contribution in [1.29, 1.82) is 10.5 Å². The van der Waals surface area contributed by atoms with Crippen LogP contribution in [0.15, 0.2) is 9.98 Å². The van der Waals surface area contributed by atoms with Gasteiger partial charge in [-0.3, -0.25) is 29.0 Å². The number of rotatable bonds is 14. The van der Waals surface area contributed by atoms with E-state index in [9.17, 15) is 29.7 Å². The van der Waals surface area contributed by atoms with Crippen LogP contribution in [-0.2, 0) is 0 Å². The van der Waals surface area contributed by atoms with Crippen LogP contribution >= 0.6 is 45.3 Å². The molecule has 2 aliphatic heterocycles. The molecule has 0 spiro atoms. The van der Waals surface area contributed by atoms with Gasteiger partial charge >= 0.3 is 0 Å². The number of benzene rings is 2. The molecule has 10 nitrogen and oxygen atoms in total. The number of nitrogens with zero attached hydrogens (tertiary/aromatic N) is 6. The largest absolute Gasteiger partial charge is 0.274 e. The topological polar surface area (TPSA) is 147 Å². The van der Waals surface area contributed by atoms with E-state index in [1.54, 1.807) is 0 Å². The summed E-state index contributed by atoms with van der Waals surface area (Å²) in [7, 11) is 0. The predicted molar refractivity (Wildman–Crippen MR) is 190 cm³/mol. The van der Waals surface area contributed by atoms with Crippen LogP contribution in [0.2, 0.25) is 0 Å². The molecule has 4 amide bonds. The van der Waals surface area contributed by atoms with E-state index in [0.717, 1.165) is 110 Å². The molecule has 2 aromatic heterocycles. The highest BCUT2D eigenvalue weighted by Gasteiger charge is 2.44. The Bertz CT molecular complexity index is 1940. The third-order valence-corrected chi connectivity index (χ3v) is 13.7. The van der Waals surface area contributed by atoms with Gasteiger partial charge in [0.25, 0.3) is 23.6 Å². The second-order valence-electron chi connectivity index (χ2n) is 12.0. The molecule has 0 unspecified atom stereocenters. The standard InChI is InChI=1S/C34H34N6O4S4/c1-3-5-7-9-11-13-15-39-29(41)21-19-20-23(27-25(21)45-33(47-27)37-17-35)31(43)40(16-14-12-10-8-6-4-2)32(44)24(20)28-26(22(19)30(39)42)46-34(48-28)38-18-36/h3-16H2,1-2H3. The van der Waals surface area contributed by atoms with E-state index < -0.39 is 23.6 Å². The summed E-state index contributed by atoms with van der Waals surface area (Å²) < 4.78 is 2.68. The molecular weight excluding hydrogens is 685 g/mol. The quantitative estimate of drug-likeness (QED) is 0.0732. The average Bonchev–Trinajstić information content (AvgIpc) is 3.68. The molecule has 2 aromatic carbocycles. The molecule has 4 heterocycles. The van der Waals surface area contributed by atoms with Crippen LogP contribution < -0.4 is 7.97 Å². The Morgan fingerprint density at radius 2 is 0.792 bits per heavy atom. The molecule has 0 atom stereocenters. The number of imide groups is 2. The lowest BCUT2D eigenvalue weighted by Gasteiger charge is -2.33. The van der Waals surface area contributed by atoms with E-state index in [4.69, 9.17) is 0 Å². The number of fused-ring (bicyclic) bond motifs is 6. The minimum Gasteiger partial charge on any atom is -0.274 e. The van der Waals surface area contributed by atoms with Gasteiger partial charge in [-0.2, -0.15) is 20.5 Å². The fourth-order valence-electron chi connectivity index (χ4n) is 6.66. The Hall–Kier alpha value is -3.82. The van der Waals surface area contributed by atoms with Gasteiger partial charge in [-0.1, -0.05) is 78.1 Å². The van der Waals surface area contributed by atoms with Crippen molar-refractivity contribution in [2.75, 3.05) is 13.1 Å². The average molecular weight is 719 g/mol. The maximum Gasteiger partial charge on any atom is 0.262 e. The lowest BCUT2D eigenvalue weighted by molar-refractivity contribution is 0.0590. The van der Waals surface area contributed by atoms with E-state index in [1.807, 2.05) is 12.4 Å². The number of hydrogen-bond donors (Lipinski definition) is 0. The third-order valence-electron chi connectivity index (χ3n) is 8.92. The number of unbranched alkanes of at least 4 members (excludes halogenated alkanes) is 10. The van der Waals surface area contributed by atoms with Crippen molar-refractivity contribution in [1.82, 2.24) is 9.80 Å². The molecule has 0 aliphatic carbocycles. The van der Waals surface area contributed by atoms with Gasteiger partial charge < -0.3 is 0 Å². The zero-order valence-electron chi connectivity index (χ0n) is 26.8. The van der Waals surface area contributed by atoms with Gasteiger partial charge in [0.1, 0.15) is 0 Å². The number of amides is 4. The zero-order chi connectivity index (χ0) is 33.9. The first-order chi connectivity index (χ1) is 23.4. The minimum absolute atomic E-state index is 0.232. The van der Waals surface area contributed by atoms with Gasteiger partial charge in [-0.15, -0.1) is 45.3 Å². The van der Waals surface area contributed by atoms with Crippen molar-refractivity contribution in [2.24, 2.45) is 9.98 Å². The lowest BCUT2D eigenvalue weighted by atomic mass is 9.85. The van der Waals surface area contributed by atoms with E-state index in [0.29, 0.717) is 50.4 Å². The summed E-state index contributed by atoms with van der Waals surface area (Å²) in [6.07, 6.45) is 15.4. The summed E-state index contributed by atoms with van der Waals surface area (Å²) in [5.41, 5.74) is 1.04. The van der Waals surface area contributed by atoms with Crippen LogP contribution in [0.1, 0.15) is 132 Å². The van der Waals surface area contributed by atoms with E-state index >= 15 is 0 Å². The Kier molecular flexibility index (Phi) is 10.5.